The number of hydrogen-bond acceptors (Lipinski definition) is 3. The Labute approximate surface area is 105 Å². The lowest BCUT2D eigenvalue weighted by atomic mass is 10.0. The predicted molar refractivity (Wildman–Crippen MR) is 66.6 cm³/mol. The Hall–Kier alpha value is -1.84. The molecule has 1 fully saturated rings. The fourth-order valence-corrected chi connectivity index (χ4v) is 2.65. The standard InChI is InChI=1S/C14H15NO3/c16-14(17)10-5-6-11-12(8-10)18-13(15-11)7-9-3-1-2-4-9/h5-6,8-9H,1-4,7H2,(H,16,17). The van der Waals surface area contributed by atoms with Crippen molar-refractivity contribution >= 4 is 17.1 Å². The molecule has 0 spiro atoms. The van der Waals surface area contributed by atoms with Crippen molar-refractivity contribution in [3.05, 3.63) is 29.7 Å². The Morgan fingerprint density at radius 2 is 2.17 bits per heavy atom. The molecule has 1 saturated carbocycles. The molecule has 1 aliphatic rings. The van der Waals surface area contributed by atoms with Crippen LogP contribution in [0.4, 0.5) is 0 Å². The summed E-state index contributed by atoms with van der Waals surface area (Å²) < 4.78 is 5.65. The fraction of sp³-hybridized carbons (Fsp3) is 0.429. The van der Waals surface area contributed by atoms with E-state index in [2.05, 4.69) is 4.98 Å². The molecule has 4 heteroatoms. The largest absolute Gasteiger partial charge is 0.478 e. The number of carboxylic acids is 1. The van der Waals surface area contributed by atoms with Gasteiger partial charge < -0.3 is 9.52 Å². The zero-order valence-electron chi connectivity index (χ0n) is 10.1. The van der Waals surface area contributed by atoms with Gasteiger partial charge in [-0.15, -0.1) is 0 Å². The molecule has 1 aromatic heterocycles. The maximum absolute atomic E-state index is 10.9. The van der Waals surface area contributed by atoms with Gasteiger partial charge in [0.2, 0.25) is 0 Å². The summed E-state index contributed by atoms with van der Waals surface area (Å²) in [5.74, 6) is 0.474. The third-order valence-electron chi connectivity index (χ3n) is 3.62. The highest BCUT2D eigenvalue weighted by molar-refractivity contribution is 5.91. The third-order valence-corrected chi connectivity index (χ3v) is 3.62. The lowest BCUT2D eigenvalue weighted by Crippen LogP contribution is -1.98. The van der Waals surface area contributed by atoms with Crippen molar-refractivity contribution < 1.29 is 14.3 Å². The van der Waals surface area contributed by atoms with Crippen molar-refractivity contribution in [2.75, 3.05) is 0 Å². The molecular formula is C14H15NO3. The van der Waals surface area contributed by atoms with Crippen LogP contribution in [0.15, 0.2) is 22.6 Å². The van der Waals surface area contributed by atoms with Gasteiger partial charge in [0.15, 0.2) is 11.5 Å². The smallest absolute Gasteiger partial charge is 0.335 e. The van der Waals surface area contributed by atoms with Crippen LogP contribution >= 0.6 is 0 Å². The van der Waals surface area contributed by atoms with Crippen LogP contribution in [0.5, 0.6) is 0 Å². The zero-order valence-corrected chi connectivity index (χ0v) is 10.1. The molecule has 0 unspecified atom stereocenters. The summed E-state index contributed by atoms with van der Waals surface area (Å²) in [6.45, 7) is 0. The molecule has 4 nitrogen and oxygen atoms in total. The Balaban J connectivity index is 1.87. The lowest BCUT2D eigenvalue weighted by Gasteiger charge is -2.03. The number of carboxylic acid groups (broad SMARTS) is 1. The van der Waals surface area contributed by atoms with Crippen LogP contribution in [0, 0.1) is 5.92 Å². The van der Waals surface area contributed by atoms with Gasteiger partial charge in [-0.2, -0.15) is 0 Å². The van der Waals surface area contributed by atoms with E-state index in [1.54, 1.807) is 18.2 Å². The Kier molecular flexibility index (Phi) is 2.78. The monoisotopic (exact) mass is 245 g/mol. The van der Waals surface area contributed by atoms with Gasteiger partial charge in [-0.05, 0) is 37.0 Å². The summed E-state index contributed by atoms with van der Waals surface area (Å²) >= 11 is 0. The van der Waals surface area contributed by atoms with Gasteiger partial charge >= 0.3 is 5.97 Å². The van der Waals surface area contributed by atoms with Crippen molar-refractivity contribution in [3.63, 3.8) is 0 Å². The SMILES string of the molecule is O=C(O)c1ccc2nc(CC3CCCC3)oc2c1. The van der Waals surface area contributed by atoms with Crippen molar-refractivity contribution in [3.8, 4) is 0 Å². The van der Waals surface area contributed by atoms with Crippen LogP contribution in [0.1, 0.15) is 41.9 Å². The number of rotatable bonds is 3. The van der Waals surface area contributed by atoms with Crippen LogP contribution in [-0.2, 0) is 6.42 Å². The highest BCUT2D eigenvalue weighted by Gasteiger charge is 2.18. The van der Waals surface area contributed by atoms with E-state index in [1.165, 1.54) is 25.7 Å². The van der Waals surface area contributed by atoms with Gasteiger partial charge in [-0.25, -0.2) is 9.78 Å². The van der Waals surface area contributed by atoms with Crippen LogP contribution in [0.25, 0.3) is 11.1 Å². The molecule has 2 aromatic rings. The van der Waals surface area contributed by atoms with E-state index < -0.39 is 5.97 Å². The molecular weight excluding hydrogens is 230 g/mol. The highest BCUT2D eigenvalue weighted by atomic mass is 16.4. The van der Waals surface area contributed by atoms with Crippen molar-refractivity contribution in [2.24, 2.45) is 5.92 Å². The summed E-state index contributed by atoms with van der Waals surface area (Å²) in [5.41, 5.74) is 1.56. The number of oxazole rings is 1. The average Bonchev–Trinajstić information content (AvgIpc) is 2.96. The van der Waals surface area contributed by atoms with Crippen LogP contribution < -0.4 is 0 Å². The maximum atomic E-state index is 10.9. The first-order chi connectivity index (χ1) is 8.72. The van der Waals surface area contributed by atoms with E-state index in [9.17, 15) is 4.79 Å². The van der Waals surface area contributed by atoms with E-state index in [4.69, 9.17) is 9.52 Å². The first kappa shape index (κ1) is 11.3. The average molecular weight is 245 g/mol. The first-order valence-corrected chi connectivity index (χ1v) is 6.35. The molecule has 94 valence electrons. The molecule has 0 saturated heterocycles. The minimum atomic E-state index is -0.939. The fourth-order valence-electron chi connectivity index (χ4n) is 2.65. The van der Waals surface area contributed by atoms with Crippen LogP contribution in [-0.4, -0.2) is 16.1 Å². The Morgan fingerprint density at radius 3 is 2.89 bits per heavy atom. The number of carbonyl (C=O) groups is 1. The predicted octanol–water partition coefficient (Wildman–Crippen LogP) is 3.26. The minimum absolute atomic E-state index is 0.242. The number of aromatic nitrogens is 1. The van der Waals surface area contributed by atoms with E-state index in [1.807, 2.05) is 0 Å². The van der Waals surface area contributed by atoms with Crippen molar-refractivity contribution in [1.82, 2.24) is 4.98 Å². The van der Waals surface area contributed by atoms with Gasteiger partial charge in [-0.1, -0.05) is 12.8 Å². The topological polar surface area (TPSA) is 63.3 Å². The third kappa shape index (κ3) is 2.10. The molecule has 0 amide bonds. The van der Waals surface area contributed by atoms with Gasteiger partial charge in [0.1, 0.15) is 5.52 Å². The second kappa shape index (κ2) is 4.44. The molecule has 3 rings (SSSR count). The second-order valence-electron chi connectivity index (χ2n) is 4.95. The summed E-state index contributed by atoms with van der Waals surface area (Å²) in [6, 6.07) is 4.82. The van der Waals surface area contributed by atoms with Gasteiger partial charge in [-0.3, -0.25) is 0 Å². The number of aromatic carboxylic acids is 1. The zero-order chi connectivity index (χ0) is 12.5. The van der Waals surface area contributed by atoms with E-state index >= 15 is 0 Å². The Bertz CT molecular complexity index is 582. The number of hydrogen-bond donors (Lipinski definition) is 1. The molecule has 1 aromatic carbocycles. The number of nitrogens with zero attached hydrogens (tertiary/aromatic N) is 1. The summed E-state index contributed by atoms with van der Waals surface area (Å²) in [6.07, 6.45) is 5.97. The quantitative estimate of drug-likeness (QED) is 0.901. The molecule has 1 heterocycles. The maximum Gasteiger partial charge on any atom is 0.335 e. The van der Waals surface area contributed by atoms with Gasteiger partial charge in [0.25, 0.3) is 0 Å². The molecule has 0 bridgehead atoms. The normalized spacial score (nSPS) is 16.4. The van der Waals surface area contributed by atoms with Gasteiger partial charge in [0.05, 0.1) is 5.56 Å². The summed E-state index contributed by atoms with van der Waals surface area (Å²) in [4.78, 5) is 15.3. The molecule has 18 heavy (non-hydrogen) atoms. The number of benzene rings is 1. The summed E-state index contributed by atoms with van der Waals surface area (Å²) in [5, 5.41) is 8.92. The molecule has 0 atom stereocenters. The molecule has 0 radical (unpaired) electrons. The summed E-state index contributed by atoms with van der Waals surface area (Å²) in [7, 11) is 0. The van der Waals surface area contributed by atoms with E-state index in [-0.39, 0.29) is 5.56 Å². The van der Waals surface area contributed by atoms with Crippen molar-refractivity contribution in [2.45, 2.75) is 32.1 Å². The van der Waals surface area contributed by atoms with Gasteiger partial charge in [0, 0.05) is 6.42 Å². The van der Waals surface area contributed by atoms with E-state index in [0.717, 1.165) is 17.8 Å². The molecule has 0 aliphatic heterocycles. The molecule has 1 aliphatic carbocycles. The van der Waals surface area contributed by atoms with Crippen LogP contribution in [0.3, 0.4) is 0 Å². The number of fused-ring (bicyclic) bond motifs is 1. The minimum Gasteiger partial charge on any atom is -0.478 e. The highest BCUT2D eigenvalue weighted by Crippen LogP contribution is 2.29. The second-order valence-corrected chi connectivity index (χ2v) is 4.95. The van der Waals surface area contributed by atoms with E-state index in [0.29, 0.717) is 11.5 Å². The Morgan fingerprint density at radius 1 is 1.39 bits per heavy atom. The lowest BCUT2D eigenvalue weighted by molar-refractivity contribution is 0.0697. The van der Waals surface area contributed by atoms with Crippen molar-refractivity contribution in [1.29, 1.82) is 0 Å². The molecule has 1 N–H and O–H groups in total. The first-order valence-electron chi connectivity index (χ1n) is 6.35. The van der Waals surface area contributed by atoms with Crippen LogP contribution in [0.2, 0.25) is 0 Å².